The van der Waals surface area contributed by atoms with Gasteiger partial charge in [0.25, 0.3) is 5.91 Å². The second-order valence-electron chi connectivity index (χ2n) is 10.00. The lowest BCUT2D eigenvalue weighted by molar-refractivity contribution is 0.0665. The highest BCUT2D eigenvalue weighted by Gasteiger charge is 2.38. The monoisotopic (exact) mass is 546 g/mol. The number of hydrogen-bond acceptors (Lipinski definition) is 8. The highest BCUT2D eigenvalue weighted by molar-refractivity contribution is 7.19. The summed E-state index contributed by atoms with van der Waals surface area (Å²) >= 11 is 0.785. The van der Waals surface area contributed by atoms with Gasteiger partial charge in [-0.15, -0.1) is 0 Å². The largest absolute Gasteiger partial charge is 0.473 e. The molecular formula is C25H28F2N6O4S. The quantitative estimate of drug-likeness (QED) is 0.404. The average Bonchev–Trinajstić information content (AvgIpc) is 3.07. The predicted octanol–water partition coefficient (Wildman–Crippen LogP) is 5.04. The summed E-state index contributed by atoms with van der Waals surface area (Å²) in [6, 6.07) is 3.12. The van der Waals surface area contributed by atoms with Crippen LogP contribution in [0.3, 0.4) is 0 Å². The summed E-state index contributed by atoms with van der Waals surface area (Å²) < 4.78 is 34.6. The third kappa shape index (κ3) is 5.82. The fourth-order valence-electron chi connectivity index (χ4n) is 4.44. The number of thiazole rings is 1. The van der Waals surface area contributed by atoms with E-state index in [0.29, 0.717) is 25.8 Å². The van der Waals surface area contributed by atoms with E-state index in [1.165, 1.54) is 23.5 Å². The van der Waals surface area contributed by atoms with Crippen LogP contribution in [0.5, 0.6) is 5.88 Å². The number of carbonyl (C=O) groups excluding carboxylic acids is 1. The Labute approximate surface area is 221 Å². The molecule has 0 radical (unpaired) electrons. The number of nitrogen functional groups attached to an aromatic ring is 1. The molecule has 1 aliphatic heterocycles. The molecule has 10 nitrogen and oxygen atoms in total. The first-order valence-electron chi connectivity index (χ1n) is 11.9. The van der Waals surface area contributed by atoms with Crippen molar-refractivity contribution in [1.82, 2.24) is 19.9 Å². The number of amides is 2. The SMILES string of the molecule is CC(C)(C)C1CC(Oc2ncncc2NC(=O)c2nc(-c3c(F)cccc3F)sc2N)CCCN1C(=O)O. The Hall–Kier alpha value is -3.87. The van der Waals surface area contributed by atoms with Crippen molar-refractivity contribution in [3.8, 4) is 16.5 Å². The number of hydrogen-bond donors (Lipinski definition) is 3. The molecule has 1 aromatic carbocycles. The lowest BCUT2D eigenvalue weighted by atomic mass is 9.82. The number of carbonyl (C=O) groups is 2. The van der Waals surface area contributed by atoms with Crippen LogP contribution in [0.1, 0.15) is 50.5 Å². The molecule has 4 rings (SSSR count). The Morgan fingerprint density at radius 1 is 1.26 bits per heavy atom. The summed E-state index contributed by atoms with van der Waals surface area (Å²) in [7, 11) is 0. The molecule has 1 saturated heterocycles. The van der Waals surface area contributed by atoms with Gasteiger partial charge in [-0.2, -0.15) is 4.98 Å². The van der Waals surface area contributed by atoms with Crippen LogP contribution in [-0.2, 0) is 0 Å². The van der Waals surface area contributed by atoms with Crippen molar-refractivity contribution < 1.29 is 28.2 Å². The van der Waals surface area contributed by atoms with Gasteiger partial charge in [-0.25, -0.2) is 23.5 Å². The summed E-state index contributed by atoms with van der Waals surface area (Å²) in [4.78, 5) is 38.5. The van der Waals surface area contributed by atoms with Crippen molar-refractivity contribution in [2.24, 2.45) is 5.41 Å². The van der Waals surface area contributed by atoms with Crippen molar-refractivity contribution in [3.63, 3.8) is 0 Å². The Bertz CT molecular complexity index is 1330. The second kappa shape index (κ2) is 10.9. The number of anilines is 2. The van der Waals surface area contributed by atoms with Crippen LogP contribution in [0, 0.1) is 17.0 Å². The minimum Gasteiger partial charge on any atom is -0.473 e. The molecule has 3 aromatic rings. The first kappa shape index (κ1) is 27.2. The molecule has 38 heavy (non-hydrogen) atoms. The number of halogens is 2. The molecule has 1 fully saturated rings. The number of nitrogens with zero attached hydrogens (tertiary/aromatic N) is 4. The van der Waals surface area contributed by atoms with Crippen LogP contribution < -0.4 is 15.8 Å². The maximum atomic E-state index is 14.2. The summed E-state index contributed by atoms with van der Waals surface area (Å²) in [6.07, 6.45) is 2.89. The predicted molar refractivity (Wildman–Crippen MR) is 138 cm³/mol. The third-order valence-corrected chi connectivity index (χ3v) is 7.18. The lowest BCUT2D eigenvalue weighted by Gasteiger charge is -2.38. The zero-order valence-corrected chi connectivity index (χ0v) is 21.9. The van der Waals surface area contributed by atoms with Gasteiger partial charge in [0.05, 0.1) is 11.8 Å². The summed E-state index contributed by atoms with van der Waals surface area (Å²) in [5.74, 6) is -2.27. The number of nitrogens with one attached hydrogen (secondary N) is 1. The van der Waals surface area contributed by atoms with Crippen LogP contribution in [0.2, 0.25) is 0 Å². The second-order valence-corrected chi connectivity index (χ2v) is 11.0. The van der Waals surface area contributed by atoms with Crippen molar-refractivity contribution in [3.05, 3.63) is 48.1 Å². The van der Waals surface area contributed by atoms with Gasteiger partial charge >= 0.3 is 6.09 Å². The number of ether oxygens (including phenoxy) is 1. The molecule has 2 amide bonds. The van der Waals surface area contributed by atoms with E-state index in [1.807, 2.05) is 20.8 Å². The number of aromatic nitrogens is 3. The van der Waals surface area contributed by atoms with Gasteiger partial charge in [-0.3, -0.25) is 4.79 Å². The average molecular weight is 547 g/mol. The zero-order valence-electron chi connectivity index (χ0n) is 21.1. The Morgan fingerprint density at radius 3 is 2.63 bits per heavy atom. The van der Waals surface area contributed by atoms with Crippen molar-refractivity contribution >= 4 is 34.0 Å². The number of benzene rings is 1. The highest BCUT2D eigenvalue weighted by Crippen LogP contribution is 2.36. The lowest BCUT2D eigenvalue weighted by Crippen LogP contribution is -2.47. The molecule has 2 unspecified atom stereocenters. The third-order valence-electron chi connectivity index (χ3n) is 6.28. The van der Waals surface area contributed by atoms with Gasteiger partial charge in [0.15, 0.2) is 5.69 Å². The summed E-state index contributed by atoms with van der Waals surface area (Å²) in [5.41, 5.74) is 5.21. The maximum absolute atomic E-state index is 14.2. The Balaban J connectivity index is 1.55. The Kier molecular flexibility index (Phi) is 7.76. The van der Waals surface area contributed by atoms with Gasteiger partial charge in [-0.05, 0) is 30.4 Å². The van der Waals surface area contributed by atoms with Crippen LogP contribution in [0.15, 0.2) is 30.7 Å². The molecule has 0 aliphatic carbocycles. The van der Waals surface area contributed by atoms with E-state index in [4.69, 9.17) is 10.5 Å². The molecule has 0 bridgehead atoms. The van der Waals surface area contributed by atoms with Crippen molar-refractivity contribution in [2.75, 3.05) is 17.6 Å². The van der Waals surface area contributed by atoms with Crippen LogP contribution >= 0.6 is 11.3 Å². The molecule has 2 aromatic heterocycles. The summed E-state index contributed by atoms with van der Waals surface area (Å²) in [5, 5.41) is 12.2. The fraction of sp³-hybridized carbons (Fsp3) is 0.400. The summed E-state index contributed by atoms with van der Waals surface area (Å²) in [6.45, 7) is 6.32. The maximum Gasteiger partial charge on any atom is 0.407 e. The van der Waals surface area contributed by atoms with E-state index in [1.54, 1.807) is 0 Å². The van der Waals surface area contributed by atoms with E-state index in [-0.39, 0.29) is 50.4 Å². The Morgan fingerprint density at radius 2 is 1.97 bits per heavy atom. The highest BCUT2D eigenvalue weighted by atomic mass is 32.1. The zero-order chi connectivity index (χ0) is 27.6. The van der Waals surface area contributed by atoms with Gasteiger partial charge in [0, 0.05) is 19.0 Å². The van der Waals surface area contributed by atoms with Crippen LogP contribution in [0.4, 0.5) is 24.3 Å². The molecule has 4 N–H and O–H groups in total. The van der Waals surface area contributed by atoms with Crippen LogP contribution in [0.25, 0.3) is 10.6 Å². The fourth-order valence-corrected chi connectivity index (χ4v) is 5.31. The molecule has 1 aliphatic rings. The number of rotatable bonds is 5. The normalized spacial score (nSPS) is 18.1. The molecule has 13 heteroatoms. The first-order chi connectivity index (χ1) is 18.0. The minimum absolute atomic E-state index is 0.0231. The van der Waals surface area contributed by atoms with Gasteiger partial charge in [0.2, 0.25) is 5.88 Å². The topological polar surface area (TPSA) is 144 Å². The molecule has 0 spiro atoms. The van der Waals surface area contributed by atoms with Gasteiger partial charge in [0.1, 0.15) is 39.8 Å². The van der Waals surface area contributed by atoms with Crippen LogP contribution in [-0.4, -0.2) is 55.6 Å². The van der Waals surface area contributed by atoms with E-state index in [2.05, 4.69) is 20.3 Å². The number of nitrogens with two attached hydrogens (primary N) is 1. The standard InChI is InChI=1S/C25H28F2N6O4S/c1-25(2,3)17-10-13(6-5-9-33(17)24(35)36)37-22-16(11-29-12-30-22)31-21(34)19-20(28)38-23(32-19)18-14(26)7-4-8-15(18)27/h4,7-8,11-13,17H,5-6,9-10,28H2,1-3H3,(H,31,34)(H,35,36). The molecular weight excluding hydrogens is 518 g/mol. The molecule has 0 saturated carbocycles. The van der Waals surface area contributed by atoms with E-state index < -0.39 is 23.6 Å². The van der Waals surface area contributed by atoms with Gasteiger partial charge in [-0.1, -0.05) is 38.2 Å². The van der Waals surface area contributed by atoms with Crippen molar-refractivity contribution in [2.45, 2.75) is 52.2 Å². The number of carboxylic acid groups (broad SMARTS) is 1. The van der Waals surface area contributed by atoms with Gasteiger partial charge < -0.3 is 25.8 Å². The smallest absolute Gasteiger partial charge is 0.407 e. The first-order valence-corrected chi connectivity index (χ1v) is 12.8. The van der Waals surface area contributed by atoms with E-state index in [0.717, 1.165) is 23.5 Å². The van der Waals surface area contributed by atoms with E-state index >= 15 is 0 Å². The van der Waals surface area contributed by atoms with E-state index in [9.17, 15) is 23.5 Å². The molecule has 3 heterocycles. The number of likely N-dealkylation sites (tertiary alicyclic amines) is 1. The van der Waals surface area contributed by atoms with Crippen molar-refractivity contribution in [1.29, 1.82) is 0 Å². The molecule has 2 atom stereocenters. The minimum atomic E-state index is -0.976. The molecule has 202 valence electrons.